The van der Waals surface area contributed by atoms with Gasteiger partial charge in [-0.05, 0) is 38.6 Å². The van der Waals surface area contributed by atoms with E-state index in [1.165, 1.54) is 25.7 Å². The van der Waals surface area contributed by atoms with E-state index in [1.807, 2.05) is 0 Å². The lowest BCUT2D eigenvalue weighted by molar-refractivity contribution is -0.142. The normalized spacial score (nSPS) is 41.1. The molecule has 1 aliphatic heterocycles. The summed E-state index contributed by atoms with van der Waals surface area (Å²) in [6.07, 6.45) is 6.07. The maximum Gasteiger partial charge on any atom is 0.308 e. The zero-order valence-corrected chi connectivity index (χ0v) is 10.4. The minimum Gasteiger partial charge on any atom is -0.481 e. The highest BCUT2D eigenvalue weighted by atomic mass is 16.4. The highest BCUT2D eigenvalue weighted by Crippen LogP contribution is 2.34. The van der Waals surface area contributed by atoms with E-state index in [1.54, 1.807) is 0 Å². The third-order valence-corrected chi connectivity index (χ3v) is 4.61. The van der Waals surface area contributed by atoms with Crippen molar-refractivity contribution in [2.45, 2.75) is 58.0 Å². The monoisotopic (exact) mass is 225 g/mol. The molecule has 0 spiro atoms. The molecule has 0 aromatic carbocycles. The summed E-state index contributed by atoms with van der Waals surface area (Å²) in [6.45, 7) is 5.39. The summed E-state index contributed by atoms with van der Waals surface area (Å²) in [4.78, 5) is 13.6. The lowest BCUT2D eigenvalue weighted by atomic mass is 9.84. The first-order valence-electron chi connectivity index (χ1n) is 6.60. The van der Waals surface area contributed by atoms with Crippen molar-refractivity contribution in [3.63, 3.8) is 0 Å². The van der Waals surface area contributed by atoms with Crippen LogP contribution in [0.25, 0.3) is 0 Å². The number of hydrogen-bond donors (Lipinski definition) is 1. The van der Waals surface area contributed by atoms with E-state index in [9.17, 15) is 4.79 Å². The Morgan fingerprint density at radius 2 is 1.88 bits per heavy atom. The van der Waals surface area contributed by atoms with Gasteiger partial charge >= 0.3 is 5.97 Å². The number of carboxylic acid groups (broad SMARTS) is 1. The molecule has 0 aromatic rings. The molecule has 92 valence electrons. The standard InChI is InChI=1S/C13H23NO2/c1-9-5-3-4-6-12(9)14-8-7-11(10(14)2)13(15)16/h9-12H,3-8H2,1-2H3,(H,15,16). The zero-order chi connectivity index (χ0) is 11.7. The average Bonchev–Trinajstić information content (AvgIpc) is 2.61. The number of carbonyl (C=O) groups is 1. The number of hydrogen-bond acceptors (Lipinski definition) is 2. The van der Waals surface area contributed by atoms with Gasteiger partial charge in [-0.15, -0.1) is 0 Å². The minimum atomic E-state index is -0.613. The molecule has 1 heterocycles. The fourth-order valence-corrected chi connectivity index (χ4v) is 3.55. The number of rotatable bonds is 2. The molecular formula is C13H23NO2. The molecule has 3 heteroatoms. The first kappa shape index (κ1) is 11.9. The molecule has 0 amide bonds. The quantitative estimate of drug-likeness (QED) is 0.784. The molecule has 1 aliphatic carbocycles. The predicted octanol–water partition coefficient (Wildman–Crippen LogP) is 2.36. The Hall–Kier alpha value is -0.570. The maximum atomic E-state index is 11.1. The molecule has 0 aromatic heterocycles. The Bertz CT molecular complexity index is 267. The van der Waals surface area contributed by atoms with Gasteiger partial charge in [0, 0.05) is 12.1 Å². The Morgan fingerprint density at radius 1 is 1.19 bits per heavy atom. The minimum absolute atomic E-state index is 0.144. The van der Waals surface area contributed by atoms with E-state index in [4.69, 9.17) is 5.11 Å². The summed E-state index contributed by atoms with van der Waals surface area (Å²) in [7, 11) is 0. The lowest BCUT2D eigenvalue weighted by Gasteiger charge is -2.39. The van der Waals surface area contributed by atoms with Gasteiger partial charge in [0.15, 0.2) is 0 Å². The maximum absolute atomic E-state index is 11.1. The molecule has 3 nitrogen and oxygen atoms in total. The Labute approximate surface area is 97.8 Å². The lowest BCUT2D eigenvalue weighted by Crippen LogP contribution is -2.45. The second-order valence-corrected chi connectivity index (χ2v) is 5.54. The van der Waals surface area contributed by atoms with Gasteiger partial charge in [0.1, 0.15) is 0 Å². The van der Waals surface area contributed by atoms with Crippen LogP contribution in [0.2, 0.25) is 0 Å². The summed E-state index contributed by atoms with van der Waals surface area (Å²) in [5, 5.41) is 9.14. The molecule has 0 bridgehead atoms. The van der Waals surface area contributed by atoms with Crippen LogP contribution in [0.5, 0.6) is 0 Å². The van der Waals surface area contributed by atoms with Gasteiger partial charge in [-0.1, -0.05) is 19.8 Å². The van der Waals surface area contributed by atoms with Crippen LogP contribution in [0.4, 0.5) is 0 Å². The van der Waals surface area contributed by atoms with Crippen LogP contribution in [0.1, 0.15) is 46.0 Å². The second kappa shape index (κ2) is 4.74. The summed E-state index contributed by atoms with van der Waals surface area (Å²) >= 11 is 0. The first-order valence-corrected chi connectivity index (χ1v) is 6.60. The van der Waals surface area contributed by atoms with Crippen LogP contribution < -0.4 is 0 Å². The fourth-order valence-electron chi connectivity index (χ4n) is 3.55. The Kier molecular flexibility index (Phi) is 3.53. The third-order valence-electron chi connectivity index (χ3n) is 4.61. The molecule has 16 heavy (non-hydrogen) atoms. The second-order valence-electron chi connectivity index (χ2n) is 5.54. The van der Waals surface area contributed by atoms with Crippen LogP contribution in [-0.2, 0) is 4.79 Å². The van der Waals surface area contributed by atoms with Crippen molar-refractivity contribution in [1.29, 1.82) is 0 Å². The van der Waals surface area contributed by atoms with Crippen molar-refractivity contribution >= 4 is 5.97 Å². The number of likely N-dealkylation sites (tertiary alicyclic amines) is 1. The van der Waals surface area contributed by atoms with Crippen LogP contribution in [0.15, 0.2) is 0 Å². The van der Waals surface area contributed by atoms with Crippen molar-refractivity contribution in [2.75, 3.05) is 6.54 Å². The molecule has 2 aliphatic rings. The van der Waals surface area contributed by atoms with Gasteiger partial charge in [-0.3, -0.25) is 9.69 Å². The van der Waals surface area contributed by atoms with Crippen molar-refractivity contribution in [2.24, 2.45) is 11.8 Å². The van der Waals surface area contributed by atoms with Gasteiger partial charge in [0.05, 0.1) is 5.92 Å². The van der Waals surface area contributed by atoms with Gasteiger partial charge in [0.2, 0.25) is 0 Å². The van der Waals surface area contributed by atoms with Crippen molar-refractivity contribution in [1.82, 2.24) is 4.90 Å². The molecular weight excluding hydrogens is 202 g/mol. The van der Waals surface area contributed by atoms with Gasteiger partial charge in [0.25, 0.3) is 0 Å². The molecule has 1 saturated carbocycles. The fraction of sp³-hybridized carbons (Fsp3) is 0.923. The molecule has 0 radical (unpaired) electrons. The van der Waals surface area contributed by atoms with E-state index >= 15 is 0 Å². The number of aliphatic carboxylic acids is 1. The van der Waals surface area contributed by atoms with Crippen LogP contribution in [0, 0.1) is 11.8 Å². The highest BCUT2D eigenvalue weighted by molar-refractivity contribution is 5.71. The SMILES string of the molecule is CC1CCCCC1N1CCC(C(=O)O)C1C. The predicted molar refractivity (Wildman–Crippen MR) is 63.3 cm³/mol. The highest BCUT2D eigenvalue weighted by Gasteiger charge is 2.40. The van der Waals surface area contributed by atoms with Crippen LogP contribution >= 0.6 is 0 Å². The van der Waals surface area contributed by atoms with E-state index in [2.05, 4.69) is 18.7 Å². The van der Waals surface area contributed by atoms with Gasteiger partial charge in [-0.2, -0.15) is 0 Å². The molecule has 1 saturated heterocycles. The van der Waals surface area contributed by atoms with Gasteiger partial charge in [-0.25, -0.2) is 0 Å². The summed E-state index contributed by atoms with van der Waals surface area (Å²) in [5.74, 6) is -0.0173. The van der Waals surface area contributed by atoms with E-state index in [-0.39, 0.29) is 12.0 Å². The average molecular weight is 225 g/mol. The zero-order valence-electron chi connectivity index (χ0n) is 10.4. The van der Waals surface area contributed by atoms with Crippen LogP contribution in [0.3, 0.4) is 0 Å². The summed E-state index contributed by atoms with van der Waals surface area (Å²) in [5.41, 5.74) is 0. The largest absolute Gasteiger partial charge is 0.481 e. The third kappa shape index (κ3) is 2.10. The number of nitrogens with zero attached hydrogens (tertiary/aromatic N) is 1. The molecule has 2 rings (SSSR count). The summed E-state index contributed by atoms with van der Waals surface area (Å²) in [6, 6.07) is 0.858. The Balaban J connectivity index is 2.02. The smallest absolute Gasteiger partial charge is 0.308 e. The van der Waals surface area contributed by atoms with Crippen LogP contribution in [-0.4, -0.2) is 34.6 Å². The van der Waals surface area contributed by atoms with Gasteiger partial charge < -0.3 is 5.11 Å². The molecule has 4 unspecified atom stereocenters. The molecule has 4 atom stereocenters. The van der Waals surface area contributed by atoms with E-state index < -0.39 is 5.97 Å². The first-order chi connectivity index (χ1) is 7.61. The number of carboxylic acids is 1. The Morgan fingerprint density at radius 3 is 2.44 bits per heavy atom. The van der Waals surface area contributed by atoms with Crippen molar-refractivity contribution in [3.05, 3.63) is 0 Å². The topological polar surface area (TPSA) is 40.5 Å². The molecule has 2 fully saturated rings. The summed E-state index contributed by atoms with van der Waals surface area (Å²) < 4.78 is 0. The van der Waals surface area contributed by atoms with E-state index in [0.717, 1.165) is 18.9 Å². The van der Waals surface area contributed by atoms with Crippen molar-refractivity contribution in [3.8, 4) is 0 Å². The van der Waals surface area contributed by atoms with Crippen molar-refractivity contribution < 1.29 is 9.90 Å². The van der Waals surface area contributed by atoms with E-state index in [0.29, 0.717) is 6.04 Å². The molecule has 1 N–H and O–H groups in total.